The molecule has 172 valence electrons. The normalized spacial score (nSPS) is 17.5. The highest BCUT2D eigenvalue weighted by Gasteiger charge is 2.34. The van der Waals surface area contributed by atoms with Crippen molar-refractivity contribution in [2.75, 3.05) is 22.1 Å². The Bertz CT molecular complexity index is 1160. The van der Waals surface area contributed by atoms with Crippen molar-refractivity contribution in [2.24, 2.45) is 0 Å². The van der Waals surface area contributed by atoms with Crippen LogP contribution in [0.5, 0.6) is 0 Å². The van der Waals surface area contributed by atoms with Gasteiger partial charge in [0, 0.05) is 23.9 Å². The van der Waals surface area contributed by atoms with E-state index in [9.17, 15) is 9.18 Å². The van der Waals surface area contributed by atoms with Gasteiger partial charge in [-0.3, -0.25) is 9.89 Å². The Hall–Kier alpha value is -3.56. The molecule has 1 aliphatic carbocycles. The monoisotopic (exact) mass is 450 g/mol. The molecule has 5 rings (SSSR count). The first-order valence-electron chi connectivity index (χ1n) is 11.4. The zero-order chi connectivity index (χ0) is 22.9. The van der Waals surface area contributed by atoms with E-state index in [0.717, 1.165) is 54.3 Å². The highest BCUT2D eigenvalue weighted by atomic mass is 19.1. The fourth-order valence-electron chi connectivity index (χ4n) is 4.42. The average Bonchev–Trinajstić information content (AvgIpc) is 3.55. The molecule has 33 heavy (non-hydrogen) atoms. The van der Waals surface area contributed by atoms with Gasteiger partial charge >= 0.3 is 0 Å². The number of carbonyl (C=O) groups excluding carboxylic acids is 1. The second-order valence-electron chi connectivity index (χ2n) is 8.85. The predicted molar refractivity (Wildman–Crippen MR) is 123 cm³/mol. The number of hydrogen-bond acceptors (Lipinski definition) is 7. The number of aromatic nitrogens is 5. The van der Waals surface area contributed by atoms with Crippen LogP contribution in [0.3, 0.4) is 0 Å². The molecule has 0 bridgehead atoms. The van der Waals surface area contributed by atoms with Gasteiger partial charge in [-0.25, -0.2) is 9.97 Å². The molecule has 2 aliphatic rings. The highest BCUT2D eigenvalue weighted by Crippen LogP contribution is 2.33. The van der Waals surface area contributed by atoms with Crippen molar-refractivity contribution < 1.29 is 9.18 Å². The number of nitrogens with zero attached hydrogens (tertiary/aromatic N) is 5. The van der Waals surface area contributed by atoms with Crippen molar-refractivity contribution >= 4 is 29.2 Å². The molecule has 4 heterocycles. The van der Waals surface area contributed by atoms with Gasteiger partial charge in [-0.2, -0.15) is 14.5 Å². The van der Waals surface area contributed by atoms with E-state index < -0.39 is 12.0 Å². The van der Waals surface area contributed by atoms with Gasteiger partial charge in [0.25, 0.3) is 0 Å². The minimum atomic E-state index is -0.584. The van der Waals surface area contributed by atoms with Gasteiger partial charge in [-0.1, -0.05) is 13.8 Å². The largest absolute Gasteiger partial charge is 0.329 e. The van der Waals surface area contributed by atoms with Crippen molar-refractivity contribution in [1.82, 2.24) is 25.1 Å². The average molecular weight is 451 g/mol. The Morgan fingerprint density at radius 1 is 1.24 bits per heavy atom. The number of H-pyrrole nitrogens is 1. The number of amides is 1. The lowest BCUT2D eigenvalue weighted by molar-refractivity contribution is -0.117. The third-order valence-electron chi connectivity index (χ3n) is 6.19. The summed E-state index contributed by atoms with van der Waals surface area (Å²) in [5, 5.41) is 13.6. The van der Waals surface area contributed by atoms with Crippen LogP contribution in [0.2, 0.25) is 0 Å². The van der Waals surface area contributed by atoms with Gasteiger partial charge in [0.1, 0.15) is 11.9 Å². The molecule has 1 aliphatic heterocycles. The van der Waals surface area contributed by atoms with Crippen LogP contribution in [0.15, 0.2) is 24.4 Å². The van der Waals surface area contributed by atoms with Gasteiger partial charge in [-0.15, -0.1) is 0 Å². The molecule has 0 saturated carbocycles. The Labute approximate surface area is 191 Å². The SMILES string of the molecule is CC(C)c1cc(Nc2nc(N3CCCC3C(=O)Nc3ccc(F)nc3)nc3c2CCC3)n[nH]1. The van der Waals surface area contributed by atoms with Gasteiger partial charge in [0.05, 0.1) is 17.6 Å². The zero-order valence-electron chi connectivity index (χ0n) is 18.7. The summed E-state index contributed by atoms with van der Waals surface area (Å²) in [6.07, 6.45) is 5.71. The predicted octanol–water partition coefficient (Wildman–Crippen LogP) is 3.70. The summed E-state index contributed by atoms with van der Waals surface area (Å²) < 4.78 is 13.1. The summed E-state index contributed by atoms with van der Waals surface area (Å²) in [6, 6.07) is 4.32. The second kappa shape index (κ2) is 8.76. The van der Waals surface area contributed by atoms with Crippen molar-refractivity contribution in [3.8, 4) is 0 Å². The van der Waals surface area contributed by atoms with Crippen LogP contribution in [0.4, 0.5) is 27.7 Å². The summed E-state index contributed by atoms with van der Waals surface area (Å²) in [5.74, 6) is 1.61. The minimum absolute atomic E-state index is 0.173. The van der Waals surface area contributed by atoms with Crippen molar-refractivity contribution in [3.05, 3.63) is 47.3 Å². The molecule has 1 saturated heterocycles. The lowest BCUT2D eigenvalue weighted by Crippen LogP contribution is -2.40. The summed E-state index contributed by atoms with van der Waals surface area (Å²) in [5.41, 5.74) is 3.65. The number of rotatable bonds is 6. The molecule has 1 amide bonds. The first-order chi connectivity index (χ1) is 16.0. The Morgan fingerprint density at radius 3 is 2.88 bits per heavy atom. The Kier molecular flexibility index (Phi) is 5.65. The van der Waals surface area contributed by atoms with Crippen LogP contribution in [0.25, 0.3) is 0 Å². The molecule has 3 aromatic rings. The zero-order valence-corrected chi connectivity index (χ0v) is 18.7. The van der Waals surface area contributed by atoms with Crippen LogP contribution in [-0.2, 0) is 17.6 Å². The molecule has 9 nitrogen and oxygen atoms in total. The number of aryl methyl sites for hydroxylation is 1. The fraction of sp³-hybridized carbons (Fsp3) is 0.435. The molecule has 1 fully saturated rings. The quantitative estimate of drug-likeness (QED) is 0.491. The van der Waals surface area contributed by atoms with E-state index in [1.807, 2.05) is 11.0 Å². The number of nitrogens with one attached hydrogen (secondary N) is 3. The van der Waals surface area contributed by atoms with Crippen molar-refractivity contribution in [2.45, 2.75) is 57.9 Å². The number of pyridine rings is 1. The van der Waals surface area contributed by atoms with E-state index in [0.29, 0.717) is 30.5 Å². The van der Waals surface area contributed by atoms with Crippen molar-refractivity contribution in [3.63, 3.8) is 0 Å². The lowest BCUT2D eigenvalue weighted by Gasteiger charge is -2.25. The first-order valence-corrected chi connectivity index (χ1v) is 11.4. The van der Waals surface area contributed by atoms with Crippen LogP contribution >= 0.6 is 0 Å². The molecular weight excluding hydrogens is 423 g/mol. The number of halogens is 1. The van der Waals surface area contributed by atoms with E-state index in [1.54, 1.807) is 0 Å². The van der Waals surface area contributed by atoms with Crippen LogP contribution in [0.1, 0.15) is 56.0 Å². The Balaban J connectivity index is 1.40. The maximum absolute atomic E-state index is 13.1. The van der Waals surface area contributed by atoms with E-state index in [-0.39, 0.29) is 5.91 Å². The van der Waals surface area contributed by atoms with Gasteiger partial charge in [0.15, 0.2) is 5.82 Å². The van der Waals surface area contributed by atoms with Crippen molar-refractivity contribution in [1.29, 1.82) is 0 Å². The third-order valence-corrected chi connectivity index (χ3v) is 6.19. The second-order valence-corrected chi connectivity index (χ2v) is 8.85. The molecule has 0 aromatic carbocycles. The molecular formula is C23H27FN8O. The number of fused-ring (bicyclic) bond motifs is 1. The van der Waals surface area contributed by atoms with Crippen LogP contribution in [0, 0.1) is 5.95 Å². The molecule has 0 radical (unpaired) electrons. The number of aromatic amines is 1. The number of hydrogen-bond donors (Lipinski definition) is 3. The maximum Gasteiger partial charge on any atom is 0.247 e. The molecule has 3 aromatic heterocycles. The van der Waals surface area contributed by atoms with E-state index in [4.69, 9.17) is 9.97 Å². The number of anilines is 4. The molecule has 3 N–H and O–H groups in total. The lowest BCUT2D eigenvalue weighted by atomic mass is 10.1. The molecule has 1 atom stereocenters. The summed E-state index contributed by atoms with van der Waals surface area (Å²) >= 11 is 0. The van der Waals surface area contributed by atoms with Crippen LogP contribution in [-0.4, -0.2) is 43.6 Å². The molecule has 0 spiro atoms. The number of carbonyl (C=O) groups is 1. The smallest absolute Gasteiger partial charge is 0.247 e. The van der Waals surface area contributed by atoms with Crippen LogP contribution < -0.4 is 15.5 Å². The third kappa shape index (κ3) is 4.37. The topological polar surface area (TPSA) is 112 Å². The summed E-state index contributed by atoms with van der Waals surface area (Å²) in [6.45, 7) is 4.91. The van der Waals surface area contributed by atoms with E-state index in [1.165, 1.54) is 18.3 Å². The standard InChI is InChI=1S/C23H27FN8O/c1-13(2)17-11-20(31-30-17)28-21-15-5-3-6-16(15)27-23(29-21)32-10-4-7-18(32)22(33)26-14-8-9-19(24)25-12-14/h8-9,11-13,18H,3-7,10H2,1-2H3,(H,26,33)(H2,27,28,29,30,31). The summed E-state index contributed by atoms with van der Waals surface area (Å²) in [4.78, 5) is 28.2. The fourth-order valence-corrected chi connectivity index (χ4v) is 4.42. The summed E-state index contributed by atoms with van der Waals surface area (Å²) in [7, 11) is 0. The van der Waals surface area contributed by atoms with E-state index in [2.05, 4.69) is 39.7 Å². The minimum Gasteiger partial charge on any atom is -0.329 e. The van der Waals surface area contributed by atoms with Gasteiger partial charge in [-0.05, 0) is 50.2 Å². The van der Waals surface area contributed by atoms with Gasteiger partial charge < -0.3 is 15.5 Å². The maximum atomic E-state index is 13.1. The highest BCUT2D eigenvalue weighted by molar-refractivity contribution is 5.96. The molecule has 10 heteroatoms. The Morgan fingerprint density at radius 2 is 2.12 bits per heavy atom. The molecule has 1 unspecified atom stereocenters. The first kappa shape index (κ1) is 21.3. The van der Waals surface area contributed by atoms with E-state index >= 15 is 0 Å². The van der Waals surface area contributed by atoms with Gasteiger partial charge in [0.2, 0.25) is 17.8 Å².